The van der Waals surface area contributed by atoms with Crippen LogP contribution in [0.3, 0.4) is 0 Å². The maximum absolute atomic E-state index is 12.8. The highest BCUT2D eigenvalue weighted by molar-refractivity contribution is 6.10. The summed E-state index contributed by atoms with van der Waals surface area (Å²) in [5.74, 6) is -0.652. The number of nitrogens with zero attached hydrogens (tertiary/aromatic N) is 1. The number of hydrogen-bond acceptors (Lipinski definition) is 4. The van der Waals surface area contributed by atoms with Crippen LogP contribution in [0.5, 0.6) is 0 Å². The van der Waals surface area contributed by atoms with Crippen LogP contribution in [0, 0.1) is 5.92 Å². The van der Waals surface area contributed by atoms with E-state index >= 15 is 0 Å². The normalized spacial score (nSPS) is 17.8. The molecule has 1 aliphatic carbocycles. The summed E-state index contributed by atoms with van der Waals surface area (Å²) in [6.45, 7) is 3.59. The Labute approximate surface area is 170 Å². The average Bonchev–Trinajstić information content (AvgIpc) is 3.49. The van der Waals surface area contributed by atoms with E-state index in [-0.39, 0.29) is 24.3 Å². The highest BCUT2D eigenvalue weighted by Gasteiger charge is 2.50. The van der Waals surface area contributed by atoms with Crippen LogP contribution in [0.4, 0.5) is 16.2 Å². The number of imide groups is 1. The fraction of sp³-hybridized carbons (Fsp3) is 0.524. The van der Waals surface area contributed by atoms with Crippen molar-refractivity contribution in [3.8, 4) is 0 Å². The largest absolute Gasteiger partial charge is 0.326 e. The summed E-state index contributed by atoms with van der Waals surface area (Å²) in [5.41, 5.74) is 0.292. The summed E-state index contributed by atoms with van der Waals surface area (Å²) in [5, 5.41) is 8.32. The SMILES string of the molecule is CCCC1(CCC)NC(=O)N(CC(=O)Nc2ccc(NC(=O)C3CC3)cc2)C1=O. The van der Waals surface area contributed by atoms with Crippen LogP contribution in [-0.2, 0) is 14.4 Å². The zero-order chi connectivity index (χ0) is 21.0. The van der Waals surface area contributed by atoms with E-state index in [0.29, 0.717) is 24.2 Å². The van der Waals surface area contributed by atoms with Gasteiger partial charge in [0, 0.05) is 17.3 Å². The Kier molecular flexibility index (Phi) is 6.20. The highest BCUT2D eigenvalue weighted by atomic mass is 16.2. The third kappa shape index (κ3) is 4.75. The van der Waals surface area contributed by atoms with Gasteiger partial charge < -0.3 is 16.0 Å². The molecule has 1 aliphatic heterocycles. The molecule has 0 unspecified atom stereocenters. The Morgan fingerprint density at radius 3 is 2.10 bits per heavy atom. The summed E-state index contributed by atoms with van der Waals surface area (Å²) in [7, 11) is 0. The molecule has 1 aromatic rings. The lowest BCUT2D eigenvalue weighted by molar-refractivity contribution is -0.134. The predicted molar refractivity (Wildman–Crippen MR) is 109 cm³/mol. The third-order valence-corrected chi connectivity index (χ3v) is 5.29. The Hall–Kier alpha value is -2.90. The number of benzene rings is 1. The lowest BCUT2D eigenvalue weighted by Crippen LogP contribution is -2.47. The smallest absolute Gasteiger partial charge is 0.325 e. The summed E-state index contributed by atoms with van der Waals surface area (Å²) in [4.78, 5) is 50.3. The second-order valence-corrected chi connectivity index (χ2v) is 7.79. The molecule has 156 valence electrons. The van der Waals surface area contributed by atoms with E-state index in [1.807, 2.05) is 13.8 Å². The molecule has 1 heterocycles. The number of anilines is 2. The van der Waals surface area contributed by atoms with E-state index in [1.54, 1.807) is 24.3 Å². The minimum Gasteiger partial charge on any atom is -0.326 e. The van der Waals surface area contributed by atoms with Gasteiger partial charge in [0.1, 0.15) is 12.1 Å². The second kappa shape index (κ2) is 8.63. The van der Waals surface area contributed by atoms with Gasteiger partial charge in [-0.05, 0) is 49.9 Å². The van der Waals surface area contributed by atoms with Gasteiger partial charge in [-0.15, -0.1) is 0 Å². The third-order valence-electron chi connectivity index (χ3n) is 5.29. The molecule has 0 spiro atoms. The van der Waals surface area contributed by atoms with Crippen molar-refractivity contribution in [2.75, 3.05) is 17.2 Å². The second-order valence-electron chi connectivity index (χ2n) is 7.79. The number of rotatable bonds is 9. The molecule has 2 aliphatic rings. The molecule has 0 aromatic heterocycles. The first-order valence-corrected chi connectivity index (χ1v) is 10.2. The topological polar surface area (TPSA) is 108 Å². The Morgan fingerprint density at radius 1 is 1.03 bits per heavy atom. The Balaban J connectivity index is 1.57. The number of nitrogens with one attached hydrogen (secondary N) is 3. The first-order chi connectivity index (χ1) is 13.9. The monoisotopic (exact) mass is 400 g/mol. The first kappa shape index (κ1) is 20.8. The Bertz CT molecular complexity index is 795. The zero-order valence-corrected chi connectivity index (χ0v) is 16.9. The molecule has 5 amide bonds. The van der Waals surface area contributed by atoms with Gasteiger partial charge in [0.05, 0.1) is 0 Å². The van der Waals surface area contributed by atoms with Crippen LogP contribution in [0.1, 0.15) is 52.4 Å². The summed E-state index contributed by atoms with van der Waals surface area (Å²) < 4.78 is 0. The molecule has 1 aromatic carbocycles. The minimum absolute atomic E-state index is 0.0167. The molecule has 0 atom stereocenters. The number of amides is 5. The zero-order valence-electron chi connectivity index (χ0n) is 16.9. The molecule has 1 saturated heterocycles. The van der Waals surface area contributed by atoms with Gasteiger partial charge in [0.2, 0.25) is 11.8 Å². The molecular weight excluding hydrogens is 372 g/mol. The predicted octanol–water partition coefficient (Wildman–Crippen LogP) is 2.86. The summed E-state index contributed by atoms with van der Waals surface area (Å²) in [6, 6.07) is 6.23. The van der Waals surface area contributed by atoms with E-state index in [9.17, 15) is 19.2 Å². The molecule has 3 rings (SSSR count). The molecular formula is C21H28N4O4. The van der Waals surface area contributed by atoms with Gasteiger partial charge in [-0.25, -0.2) is 4.79 Å². The van der Waals surface area contributed by atoms with Crippen LogP contribution in [0.2, 0.25) is 0 Å². The van der Waals surface area contributed by atoms with E-state index in [1.165, 1.54) is 0 Å². The van der Waals surface area contributed by atoms with Crippen LogP contribution < -0.4 is 16.0 Å². The lowest BCUT2D eigenvalue weighted by Gasteiger charge is -2.25. The number of carbonyl (C=O) groups is 4. The fourth-order valence-electron chi connectivity index (χ4n) is 3.71. The van der Waals surface area contributed by atoms with E-state index < -0.39 is 17.5 Å². The van der Waals surface area contributed by atoms with Gasteiger partial charge in [-0.2, -0.15) is 0 Å². The van der Waals surface area contributed by atoms with Crippen LogP contribution in [0.15, 0.2) is 24.3 Å². The van der Waals surface area contributed by atoms with E-state index in [0.717, 1.165) is 30.6 Å². The minimum atomic E-state index is -0.901. The van der Waals surface area contributed by atoms with Gasteiger partial charge >= 0.3 is 6.03 Å². The average molecular weight is 400 g/mol. The van der Waals surface area contributed by atoms with Crippen molar-refractivity contribution in [2.24, 2.45) is 5.92 Å². The first-order valence-electron chi connectivity index (χ1n) is 10.2. The maximum atomic E-state index is 12.8. The van der Waals surface area contributed by atoms with Crippen molar-refractivity contribution in [1.82, 2.24) is 10.2 Å². The molecule has 8 heteroatoms. The van der Waals surface area contributed by atoms with Crippen molar-refractivity contribution >= 4 is 35.1 Å². The van der Waals surface area contributed by atoms with E-state index in [4.69, 9.17) is 0 Å². The van der Waals surface area contributed by atoms with Gasteiger partial charge in [-0.3, -0.25) is 19.3 Å². The summed E-state index contributed by atoms with van der Waals surface area (Å²) in [6.07, 6.45) is 4.49. The number of hydrogen-bond donors (Lipinski definition) is 3. The van der Waals surface area contributed by atoms with Crippen molar-refractivity contribution in [3.63, 3.8) is 0 Å². The van der Waals surface area contributed by atoms with Crippen molar-refractivity contribution in [3.05, 3.63) is 24.3 Å². The van der Waals surface area contributed by atoms with Crippen molar-refractivity contribution in [2.45, 2.75) is 57.9 Å². The molecule has 3 N–H and O–H groups in total. The molecule has 2 fully saturated rings. The van der Waals surface area contributed by atoms with Gasteiger partial charge in [-0.1, -0.05) is 26.7 Å². The molecule has 0 bridgehead atoms. The highest BCUT2D eigenvalue weighted by Crippen LogP contribution is 2.30. The van der Waals surface area contributed by atoms with Crippen LogP contribution in [0.25, 0.3) is 0 Å². The van der Waals surface area contributed by atoms with Gasteiger partial charge in [0.25, 0.3) is 5.91 Å². The standard InChI is InChI=1S/C21H28N4O4/c1-3-11-21(12-4-2)19(28)25(20(29)24-21)13-17(26)22-15-7-9-16(10-8-15)23-18(27)14-5-6-14/h7-10,14H,3-6,11-13H2,1-2H3,(H,22,26)(H,23,27)(H,24,29). The molecule has 0 radical (unpaired) electrons. The quantitative estimate of drug-likeness (QED) is 0.554. The van der Waals surface area contributed by atoms with Crippen molar-refractivity contribution in [1.29, 1.82) is 0 Å². The van der Waals surface area contributed by atoms with Crippen molar-refractivity contribution < 1.29 is 19.2 Å². The van der Waals surface area contributed by atoms with Gasteiger partial charge in [0.15, 0.2) is 0 Å². The molecule has 8 nitrogen and oxygen atoms in total. The fourth-order valence-corrected chi connectivity index (χ4v) is 3.71. The lowest BCUT2D eigenvalue weighted by atomic mass is 9.88. The Morgan fingerprint density at radius 2 is 1.59 bits per heavy atom. The van der Waals surface area contributed by atoms with Crippen LogP contribution >= 0.6 is 0 Å². The molecule has 29 heavy (non-hydrogen) atoms. The summed E-state index contributed by atoms with van der Waals surface area (Å²) >= 11 is 0. The van der Waals surface area contributed by atoms with Crippen LogP contribution in [-0.4, -0.2) is 40.7 Å². The van der Waals surface area contributed by atoms with E-state index in [2.05, 4.69) is 16.0 Å². The maximum Gasteiger partial charge on any atom is 0.325 e. The number of carbonyl (C=O) groups excluding carboxylic acids is 4. The molecule has 1 saturated carbocycles. The number of urea groups is 1.